The van der Waals surface area contributed by atoms with E-state index in [2.05, 4.69) is 28.9 Å². The van der Waals surface area contributed by atoms with Crippen molar-refractivity contribution < 1.29 is 28.1 Å². The van der Waals surface area contributed by atoms with Crippen LogP contribution in [0.25, 0.3) is 0 Å². The van der Waals surface area contributed by atoms with Gasteiger partial charge in [-0.25, -0.2) is 4.79 Å². The Morgan fingerprint density at radius 3 is 2.32 bits per heavy atom. The molecule has 139 valence electrons. The summed E-state index contributed by atoms with van der Waals surface area (Å²) in [5.74, 6) is -1.67. The molecule has 1 fully saturated rings. The summed E-state index contributed by atoms with van der Waals surface area (Å²) in [5, 5.41) is 3.37. The van der Waals surface area contributed by atoms with Crippen LogP contribution < -0.4 is 5.32 Å². The summed E-state index contributed by atoms with van der Waals surface area (Å²) >= 11 is 0. The molecule has 1 aliphatic rings. The van der Waals surface area contributed by atoms with Crippen LogP contribution in [0, 0.1) is 0 Å². The number of unbranched alkanes of at least 4 members (excludes halogenated alkanes) is 1. The molecule has 8 nitrogen and oxygen atoms in total. The van der Waals surface area contributed by atoms with E-state index in [0.29, 0.717) is 30.9 Å². The van der Waals surface area contributed by atoms with E-state index >= 15 is 0 Å². The number of nitrogens with one attached hydrogen (secondary N) is 1. The minimum absolute atomic E-state index is 0.0583. The molecule has 0 saturated carbocycles. The summed E-state index contributed by atoms with van der Waals surface area (Å²) < 4.78 is 5.25. The van der Waals surface area contributed by atoms with Gasteiger partial charge >= 0.3 is 5.97 Å². The molecule has 1 rings (SSSR count). The first-order valence-corrected chi connectivity index (χ1v) is 12.0. The second-order valence-corrected chi connectivity index (χ2v) is 11.4. The van der Waals surface area contributed by atoms with Gasteiger partial charge in [0, 0.05) is 32.2 Å². The van der Waals surface area contributed by atoms with E-state index in [1.54, 1.807) is 0 Å². The summed E-state index contributed by atoms with van der Waals surface area (Å²) in [4.78, 5) is 50.7. The SMILES string of the molecule is C[Si](C)(CCCNC(=O)CCCCC(=O)ON1C(=O)CCC1=O)O[Si]. The van der Waals surface area contributed by atoms with Gasteiger partial charge in [-0.05, 0) is 38.4 Å². The highest BCUT2D eigenvalue weighted by atomic mass is 28.4. The van der Waals surface area contributed by atoms with Crippen molar-refractivity contribution in [3.63, 3.8) is 0 Å². The van der Waals surface area contributed by atoms with Crippen molar-refractivity contribution in [1.82, 2.24) is 10.4 Å². The molecule has 1 saturated heterocycles. The maximum absolute atomic E-state index is 11.7. The van der Waals surface area contributed by atoms with E-state index in [9.17, 15) is 19.2 Å². The molecule has 3 radical (unpaired) electrons. The lowest BCUT2D eigenvalue weighted by Gasteiger charge is -2.19. The molecule has 1 aliphatic heterocycles. The number of carbonyl (C=O) groups excluding carboxylic acids is 4. The normalized spacial score (nSPS) is 14.8. The number of carbonyl (C=O) groups is 4. The number of hydroxylamine groups is 2. The number of nitrogens with zero attached hydrogens (tertiary/aromatic N) is 1. The molecule has 0 aromatic rings. The van der Waals surface area contributed by atoms with Crippen LogP contribution in [0.4, 0.5) is 0 Å². The molecule has 25 heavy (non-hydrogen) atoms. The van der Waals surface area contributed by atoms with E-state index in [1.165, 1.54) is 0 Å². The molecule has 0 aliphatic carbocycles. The Morgan fingerprint density at radius 2 is 1.72 bits per heavy atom. The van der Waals surface area contributed by atoms with Crippen LogP contribution in [-0.2, 0) is 28.1 Å². The molecule has 0 aromatic heterocycles. The van der Waals surface area contributed by atoms with Gasteiger partial charge in [0.2, 0.25) is 16.4 Å². The molecule has 0 spiro atoms. The van der Waals surface area contributed by atoms with Crippen molar-refractivity contribution in [3.8, 4) is 0 Å². The highest BCUT2D eigenvalue weighted by molar-refractivity contribution is 6.73. The molecular weight excluding hydrogens is 360 g/mol. The number of rotatable bonds is 11. The zero-order chi connectivity index (χ0) is 18.9. The van der Waals surface area contributed by atoms with Crippen LogP contribution in [0.3, 0.4) is 0 Å². The fourth-order valence-corrected chi connectivity index (χ4v) is 3.68. The van der Waals surface area contributed by atoms with Crippen molar-refractivity contribution in [1.29, 1.82) is 0 Å². The van der Waals surface area contributed by atoms with E-state index in [-0.39, 0.29) is 25.2 Å². The van der Waals surface area contributed by atoms with Crippen LogP contribution in [0.2, 0.25) is 19.1 Å². The third-order valence-corrected chi connectivity index (χ3v) is 7.56. The first-order chi connectivity index (χ1) is 11.7. The third kappa shape index (κ3) is 8.41. The van der Waals surface area contributed by atoms with Gasteiger partial charge in [0.05, 0.1) is 0 Å². The summed E-state index contributed by atoms with van der Waals surface area (Å²) in [6.45, 7) is 4.78. The summed E-state index contributed by atoms with van der Waals surface area (Å²) in [7, 11) is 1.42. The van der Waals surface area contributed by atoms with E-state index in [0.717, 1.165) is 12.5 Å². The quantitative estimate of drug-likeness (QED) is 0.323. The third-order valence-electron chi connectivity index (χ3n) is 3.79. The predicted octanol–water partition coefficient (Wildman–Crippen LogP) is 0.965. The lowest BCUT2D eigenvalue weighted by molar-refractivity contribution is -0.197. The van der Waals surface area contributed by atoms with E-state index in [1.807, 2.05) is 0 Å². The number of hydrogen-bond acceptors (Lipinski definition) is 6. The Labute approximate surface area is 152 Å². The summed E-state index contributed by atoms with van der Waals surface area (Å²) in [6, 6.07) is 0.941. The maximum atomic E-state index is 11.7. The molecule has 3 amide bonds. The Kier molecular flexibility index (Phi) is 9.00. The van der Waals surface area contributed by atoms with Crippen molar-refractivity contribution in [3.05, 3.63) is 0 Å². The summed E-state index contributed by atoms with van der Waals surface area (Å²) in [5.41, 5.74) is 0. The largest absolute Gasteiger partial charge is 0.457 e. The molecule has 1 heterocycles. The van der Waals surface area contributed by atoms with E-state index in [4.69, 9.17) is 8.95 Å². The van der Waals surface area contributed by atoms with Gasteiger partial charge in [-0.15, -0.1) is 5.06 Å². The molecule has 0 aromatic carbocycles. The first kappa shape index (κ1) is 21.5. The van der Waals surface area contributed by atoms with Crippen molar-refractivity contribution in [2.24, 2.45) is 0 Å². The highest BCUT2D eigenvalue weighted by Crippen LogP contribution is 2.13. The van der Waals surface area contributed by atoms with Crippen LogP contribution in [-0.4, -0.2) is 54.1 Å². The second-order valence-electron chi connectivity index (χ2n) is 6.57. The van der Waals surface area contributed by atoms with Crippen molar-refractivity contribution in [2.45, 2.75) is 64.1 Å². The predicted molar refractivity (Wildman–Crippen MR) is 92.4 cm³/mol. The van der Waals surface area contributed by atoms with Crippen LogP contribution >= 0.6 is 0 Å². The zero-order valence-corrected chi connectivity index (χ0v) is 16.8. The molecular formula is C15H25N2O6Si2. The Hall–Kier alpha value is -1.53. The van der Waals surface area contributed by atoms with Gasteiger partial charge in [0.1, 0.15) is 0 Å². The minimum Gasteiger partial charge on any atom is -0.457 e. The maximum Gasteiger partial charge on any atom is 0.333 e. The van der Waals surface area contributed by atoms with Crippen LogP contribution in [0.5, 0.6) is 0 Å². The lowest BCUT2D eigenvalue weighted by atomic mass is 10.2. The molecule has 10 heteroatoms. The Balaban J connectivity index is 2.06. The molecule has 0 unspecified atom stereocenters. The lowest BCUT2D eigenvalue weighted by Crippen LogP contribution is -2.32. The molecule has 0 bridgehead atoms. The monoisotopic (exact) mass is 385 g/mol. The van der Waals surface area contributed by atoms with Crippen LogP contribution in [0.15, 0.2) is 0 Å². The van der Waals surface area contributed by atoms with Gasteiger partial charge in [-0.2, -0.15) is 0 Å². The van der Waals surface area contributed by atoms with E-state index < -0.39 is 26.1 Å². The van der Waals surface area contributed by atoms with Gasteiger partial charge in [-0.1, -0.05) is 0 Å². The molecule has 0 atom stereocenters. The second kappa shape index (κ2) is 10.5. The first-order valence-electron chi connectivity index (χ1n) is 8.43. The molecule has 1 N–H and O–H groups in total. The number of imide groups is 1. The van der Waals surface area contributed by atoms with Gasteiger partial charge < -0.3 is 14.3 Å². The average Bonchev–Trinajstić information content (AvgIpc) is 2.87. The van der Waals surface area contributed by atoms with Gasteiger partial charge in [0.15, 0.2) is 8.32 Å². The van der Waals surface area contributed by atoms with Gasteiger partial charge in [0.25, 0.3) is 11.8 Å². The van der Waals surface area contributed by atoms with Crippen molar-refractivity contribution in [2.75, 3.05) is 6.54 Å². The summed E-state index contributed by atoms with van der Waals surface area (Å²) in [6.07, 6.45) is 2.39. The fraction of sp³-hybridized carbons (Fsp3) is 0.733. The standard InChI is InChI=1S/C15H25N2O6Si2/c1-25(2,23-24)11-5-10-16-12(18)6-3-4-7-15(21)22-17-13(19)8-9-14(17)20/h3-11H2,1-2H3,(H,16,18). The Morgan fingerprint density at radius 1 is 1.12 bits per heavy atom. The zero-order valence-electron chi connectivity index (χ0n) is 14.8. The topological polar surface area (TPSA) is 102 Å². The highest BCUT2D eigenvalue weighted by Gasteiger charge is 2.32. The van der Waals surface area contributed by atoms with Crippen molar-refractivity contribution >= 4 is 42.5 Å². The average molecular weight is 386 g/mol. The fourth-order valence-electron chi connectivity index (χ4n) is 2.24. The minimum atomic E-state index is -1.66. The number of hydrogen-bond donors (Lipinski definition) is 1. The number of amides is 3. The Bertz CT molecular complexity index is 496. The smallest absolute Gasteiger partial charge is 0.333 e. The van der Waals surface area contributed by atoms with Crippen LogP contribution in [0.1, 0.15) is 44.9 Å². The van der Waals surface area contributed by atoms with Gasteiger partial charge in [-0.3, -0.25) is 14.4 Å².